The van der Waals surface area contributed by atoms with Gasteiger partial charge in [-0.1, -0.05) is 11.6 Å². The van der Waals surface area contributed by atoms with Crippen LogP contribution in [0.15, 0.2) is 12.1 Å². The fourth-order valence-electron chi connectivity index (χ4n) is 2.26. The largest absolute Gasteiger partial charge is 0.486 e. The number of benzene rings is 1. The van der Waals surface area contributed by atoms with Crippen LogP contribution in [0.1, 0.15) is 5.56 Å². The van der Waals surface area contributed by atoms with E-state index in [1.165, 1.54) is 0 Å². The summed E-state index contributed by atoms with van der Waals surface area (Å²) >= 11 is 6.17. The van der Waals surface area contributed by atoms with Crippen LogP contribution < -0.4 is 20.1 Å². The maximum Gasteiger partial charge on any atom is 0.225 e. The summed E-state index contributed by atoms with van der Waals surface area (Å²) in [5, 5.41) is 6.58. The Labute approximate surface area is 134 Å². The third-order valence-corrected chi connectivity index (χ3v) is 3.80. The Kier molecular flexibility index (Phi) is 5.56. The summed E-state index contributed by atoms with van der Waals surface area (Å²) in [4.78, 5) is 11.7. The highest BCUT2D eigenvalue weighted by atomic mass is 35.5. The van der Waals surface area contributed by atoms with Crippen LogP contribution in [0.25, 0.3) is 0 Å². The van der Waals surface area contributed by atoms with Crippen LogP contribution in [-0.4, -0.2) is 38.8 Å². The van der Waals surface area contributed by atoms with Crippen molar-refractivity contribution in [1.82, 2.24) is 10.6 Å². The van der Waals surface area contributed by atoms with Gasteiger partial charge in [0, 0.05) is 19.6 Å². The molecule has 116 valence electrons. The molecule has 0 aromatic heterocycles. The Morgan fingerprint density at radius 3 is 2.81 bits per heavy atom. The molecule has 0 aliphatic carbocycles. The van der Waals surface area contributed by atoms with Gasteiger partial charge in [-0.2, -0.15) is 0 Å². The number of rotatable bonds is 4. The van der Waals surface area contributed by atoms with E-state index in [1.807, 2.05) is 12.1 Å². The number of nitrogens with one attached hydrogen (secondary N) is 2. The van der Waals surface area contributed by atoms with Crippen molar-refractivity contribution in [1.29, 1.82) is 0 Å². The summed E-state index contributed by atoms with van der Waals surface area (Å²) in [7, 11) is 0. The van der Waals surface area contributed by atoms with E-state index in [9.17, 15) is 4.79 Å². The van der Waals surface area contributed by atoms with Crippen LogP contribution in [0.2, 0.25) is 5.02 Å². The second kappa shape index (κ2) is 7.20. The van der Waals surface area contributed by atoms with Crippen LogP contribution in [0, 0.1) is 5.92 Å². The molecule has 2 aliphatic heterocycles. The minimum Gasteiger partial charge on any atom is -0.486 e. The van der Waals surface area contributed by atoms with Crippen LogP contribution in [-0.2, 0) is 11.2 Å². The molecule has 0 radical (unpaired) electrons. The highest BCUT2D eigenvalue weighted by Gasteiger charge is 2.24. The van der Waals surface area contributed by atoms with Gasteiger partial charge in [-0.3, -0.25) is 4.79 Å². The Morgan fingerprint density at radius 1 is 1.33 bits per heavy atom. The van der Waals surface area contributed by atoms with Crippen LogP contribution in [0.5, 0.6) is 11.5 Å². The van der Waals surface area contributed by atoms with Crippen molar-refractivity contribution in [2.24, 2.45) is 5.92 Å². The lowest BCUT2D eigenvalue weighted by Gasteiger charge is -2.25. The first-order valence-corrected chi connectivity index (χ1v) is 7.18. The first-order chi connectivity index (χ1) is 9.74. The van der Waals surface area contributed by atoms with Gasteiger partial charge < -0.3 is 20.1 Å². The van der Waals surface area contributed by atoms with Gasteiger partial charge in [-0.05, 0) is 24.1 Å². The highest BCUT2D eigenvalue weighted by Crippen LogP contribution is 2.38. The minimum absolute atomic E-state index is 0. The average molecular weight is 333 g/mol. The number of hydrogen-bond donors (Lipinski definition) is 2. The van der Waals surface area contributed by atoms with E-state index in [4.69, 9.17) is 21.1 Å². The maximum atomic E-state index is 11.7. The molecule has 2 N–H and O–H groups in total. The zero-order valence-electron chi connectivity index (χ0n) is 11.5. The molecule has 7 heteroatoms. The number of carbonyl (C=O) groups excluding carboxylic acids is 1. The average Bonchev–Trinajstić information content (AvgIpc) is 2.37. The maximum absolute atomic E-state index is 11.7. The number of fused-ring (bicyclic) bond motifs is 1. The molecule has 2 heterocycles. The van der Waals surface area contributed by atoms with Crippen LogP contribution in [0.4, 0.5) is 0 Å². The lowest BCUT2D eigenvalue weighted by Crippen LogP contribution is -2.51. The van der Waals surface area contributed by atoms with Gasteiger partial charge in [0.15, 0.2) is 11.5 Å². The van der Waals surface area contributed by atoms with E-state index in [2.05, 4.69) is 10.6 Å². The van der Waals surface area contributed by atoms with Gasteiger partial charge in [-0.25, -0.2) is 0 Å². The smallest absolute Gasteiger partial charge is 0.225 e. The highest BCUT2D eigenvalue weighted by molar-refractivity contribution is 6.32. The lowest BCUT2D eigenvalue weighted by atomic mass is 10.0. The van der Waals surface area contributed by atoms with Gasteiger partial charge in [0.2, 0.25) is 5.91 Å². The quantitative estimate of drug-likeness (QED) is 0.875. The van der Waals surface area contributed by atoms with Crippen molar-refractivity contribution in [3.8, 4) is 11.5 Å². The van der Waals surface area contributed by atoms with Crippen molar-refractivity contribution in [2.45, 2.75) is 6.42 Å². The molecule has 1 fully saturated rings. The van der Waals surface area contributed by atoms with E-state index in [0.29, 0.717) is 36.3 Å². The molecule has 2 aliphatic rings. The zero-order valence-corrected chi connectivity index (χ0v) is 13.1. The summed E-state index contributed by atoms with van der Waals surface area (Å²) in [6, 6.07) is 3.80. The van der Waals surface area contributed by atoms with Gasteiger partial charge >= 0.3 is 0 Å². The van der Waals surface area contributed by atoms with Crippen molar-refractivity contribution in [3.63, 3.8) is 0 Å². The lowest BCUT2D eigenvalue weighted by molar-refractivity contribution is -0.126. The van der Waals surface area contributed by atoms with Crippen molar-refractivity contribution in [3.05, 3.63) is 22.7 Å². The van der Waals surface area contributed by atoms with Gasteiger partial charge in [0.05, 0.1) is 10.9 Å². The number of amides is 1. The molecule has 3 rings (SSSR count). The van der Waals surface area contributed by atoms with Crippen LogP contribution in [0.3, 0.4) is 0 Å². The summed E-state index contributed by atoms with van der Waals surface area (Å²) in [6.45, 7) is 3.23. The van der Waals surface area contributed by atoms with E-state index >= 15 is 0 Å². The predicted octanol–water partition coefficient (Wildman–Crippen LogP) is 1.41. The molecule has 1 amide bonds. The Morgan fingerprint density at radius 2 is 2.10 bits per heavy atom. The van der Waals surface area contributed by atoms with Crippen molar-refractivity contribution >= 4 is 29.9 Å². The predicted molar refractivity (Wildman–Crippen MR) is 82.8 cm³/mol. The first-order valence-electron chi connectivity index (χ1n) is 6.80. The topological polar surface area (TPSA) is 59.6 Å². The second-order valence-electron chi connectivity index (χ2n) is 5.00. The molecule has 1 saturated heterocycles. The molecule has 0 atom stereocenters. The monoisotopic (exact) mass is 332 g/mol. The zero-order chi connectivity index (χ0) is 13.9. The fourth-order valence-corrected chi connectivity index (χ4v) is 2.54. The molecule has 0 bridgehead atoms. The third-order valence-electron chi connectivity index (χ3n) is 3.52. The SMILES string of the molecule is Cl.O=C(NCCc1cc(Cl)c2c(c1)OCCO2)C1CNC1. The summed E-state index contributed by atoms with van der Waals surface area (Å²) in [5.41, 5.74) is 1.03. The van der Waals surface area contributed by atoms with Gasteiger partial charge in [0.25, 0.3) is 0 Å². The number of hydrogen-bond acceptors (Lipinski definition) is 4. The Hall–Kier alpha value is -1.17. The van der Waals surface area contributed by atoms with Crippen LogP contribution >= 0.6 is 24.0 Å². The normalized spacial score (nSPS) is 16.6. The number of halogens is 2. The van der Waals surface area contributed by atoms with Gasteiger partial charge in [0.1, 0.15) is 13.2 Å². The molecular formula is C14H18Cl2N2O3. The first kappa shape index (κ1) is 16.2. The Balaban J connectivity index is 0.00000161. The molecule has 0 spiro atoms. The Bertz CT molecular complexity index is 521. The molecule has 0 saturated carbocycles. The van der Waals surface area contributed by atoms with E-state index in [1.54, 1.807) is 0 Å². The third kappa shape index (κ3) is 3.73. The molecule has 0 unspecified atom stereocenters. The number of ether oxygens (including phenoxy) is 2. The van der Waals surface area contributed by atoms with E-state index < -0.39 is 0 Å². The summed E-state index contributed by atoms with van der Waals surface area (Å²) in [6.07, 6.45) is 0.724. The standard InChI is InChI=1S/C14H17ClN2O3.ClH/c15-11-5-9(6-12-13(11)20-4-3-19-12)1-2-17-14(18)10-7-16-8-10;/h5-6,10,16H,1-4,7-8H2,(H,17,18);1H. The molecular weight excluding hydrogens is 315 g/mol. The summed E-state index contributed by atoms with van der Waals surface area (Å²) in [5.74, 6) is 1.55. The van der Waals surface area contributed by atoms with Crippen molar-refractivity contribution in [2.75, 3.05) is 32.8 Å². The second-order valence-corrected chi connectivity index (χ2v) is 5.41. The van der Waals surface area contributed by atoms with Crippen molar-refractivity contribution < 1.29 is 14.3 Å². The van der Waals surface area contributed by atoms with Gasteiger partial charge in [-0.15, -0.1) is 12.4 Å². The minimum atomic E-state index is 0. The molecule has 1 aromatic rings. The molecule has 1 aromatic carbocycles. The fraction of sp³-hybridized carbons (Fsp3) is 0.500. The van der Waals surface area contributed by atoms with E-state index in [0.717, 1.165) is 25.1 Å². The summed E-state index contributed by atoms with van der Waals surface area (Å²) < 4.78 is 11.0. The van der Waals surface area contributed by atoms with E-state index in [-0.39, 0.29) is 24.2 Å². The molecule has 21 heavy (non-hydrogen) atoms. The number of carbonyl (C=O) groups is 1. The molecule has 5 nitrogen and oxygen atoms in total.